The molecule has 0 radical (unpaired) electrons. The number of aromatic nitrogens is 1. The minimum absolute atomic E-state index is 0.0890. The predicted octanol–water partition coefficient (Wildman–Crippen LogP) is 4.44. The van der Waals surface area contributed by atoms with Crippen molar-refractivity contribution in [3.63, 3.8) is 0 Å². The van der Waals surface area contributed by atoms with Crippen LogP contribution in [-0.4, -0.2) is 30.6 Å². The van der Waals surface area contributed by atoms with E-state index in [0.29, 0.717) is 39.7 Å². The van der Waals surface area contributed by atoms with Crippen molar-refractivity contribution >= 4 is 23.3 Å². The summed E-state index contributed by atoms with van der Waals surface area (Å²) in [7, 11) is 1.51. The summed E-state index contributed by atoms with van der Waals surface area (Å²) in [6.07, 6.45) is 2.83. The van der Waals surface area contributed by atoms with Crippen molar-refractivity contribution in [1.29, 1.82) is 0 Å². The number of anilines is 1. The van der Waals surface area contributed by atoms with Crippen molar-refractivity contribution in [3.05, 3.63) is 76.7 Å². The quantitative estimate of drug-likeness (QED) is 0.612. The second kappa shape index (κ2) is 8.81. The molecule has 1 aliphatic heterocycles. The van der Waals surface area contributed by atoms with Crippen LogP contribution in [0.2, 0.25) is 5.02 Å². The van der Waals surface area contributed by atoms with Gasteiger partial charge in [-0.2, -0.15) is 0 Å². The number of hydrogen-bond acceptors (Lipinski definition) is 4. The normalized spacial score (nSPS) is 15.4. The molecule has 1 aliphatic rings. The zero-order valence-electron chi connectivity index (χ0n) is 16.4. The molecular formula is C23H21ClFN3O2. The Morgan fingerprint density at radius 3 is 2.77 bits per heavy atom. The lowest BCUT2D eigenvalue weighted by atomic mass is 9.97. The Morgan fingerprint density at radius 1 is 1.30 bits per heavy atom. The van der Waals surface area contributed by atoms with E-state index in [0.717, 1.165) is 18.5 Å². The van der Waals surface area contributed by atoms with Crippen molar-refractivity contribution in [3.8, 4) is 16.9 Å². The molecule has 0 aliphatic carbocycles. The summed E-state index contributed by atoms with van der Waals surface area (Å²) in [6.45, 7) is 0.856. The van der Waals surface area contributed by atoms with Gasteiger partial charge in [-0.3, -0.25) is 4.79 Å². The molecule has 2 N–H and O–H groups in total. The van der Waals surface area contributed by atoms with E-state index in [1.807, 2.05) is 6.07 Å². The summed E-state index contributed by atoms with van der Waals surface area (Å²) in [4.78, 5) is 16.3. The summed E-state index contributed by atoms with van der Waals surface area (Å²) >= 11 is 6.09. The van der Waals surface area contributed by atoms with Crippen LogP contribution in [0.1, 0.15) is 17.5 Å². The van der Waals surface area contributed by atoms with E-state index in [1.54, 1.807) is 48.7 Å². The van der Waals surface area contributed by atoms with Gasteiger partial charge in [0.2, 0.25) is 5.91 Å². The lowest BCUT2D eigenvalue weighted by Crippen LogP contribution is -2.50. The van der Waals surface area contributed by atoms with Gasteiger partial charge in [0.15, 0.2) is 0 Å². The molecule has 1 aromatic heterocycles. The van der Waals surface area contributed by atoms with Crippen molar-refractivity contribution < 1.29 is 13.9 Å². The lowest BCUT2D eigenvalue weighted by Gasteiger charge is -2.25. The first-order chi connectivity index (χ1) is 14.5. The fraction of sp³-hybridized carbons (Fsp3) is 0.217. The van der Waals surface area contributed by atoms with Gasteiger partial charge in [0, 0.05) is 17.6 Å². The molecule has 0 saturated carbocycles. The van der Waals surface area contributed by atoms with Crippen LogP contribution in [-0.2, 0) is 11.2 Å². The Hall–Kier alpha value is -2.96. The van der Waals surface area contributed by atoms with Gasteiger partial charge in [-0.1, -0.05) is 35.9 Å². The van der Waals surface area contributed by atoms with Gasteiger partial charge in [0.05, 0.1) is 18.7 Å². The third kappa shape index (κ3) is 4.30. The van der Waals surface area contributed by atoms with E-state index in [1.165, 1.54) is 7.11 Å². The fourth-order valence-electron chi connectivity index (χ4n) is 3.37. The number of benzene rings is 2. The number of ether oxygens (including phenoxy) is 1. The van der Waals surface area contributed by atoms with Gasteiger partial charge in [0.1, 0.15) is 17.4 Å². The lowest BCUT2D eigenvalue weighted by molar-refractivity contribution is -0.119. The first-order valence-corrected chi connectivity index (χ1v) is 10.0. The monoisotopic (exact) mass is 425 g/mol. The van der Waals surface area contributed by atoms with Crippen LogP contribution in [0.4, 0.5) is 10.2 Å². The highest BCUT2D eigenvalue weighted by Crippen LogP contribution is 2.36. The van der Waals surface area contributed by atoms with Gasteiger partial charge in [0.25, 0.3) is 0 Å². The molecular weight excluding hydrogens is 405 g/mol. The molecule has 1 saturated heterocycles. The third-order valence-corrected chi connectivity index (χ3v) is 5.36. The molecule has 1 fully saturated rings. The molecule has 4 rings (SSSR count). The number of hydrogen-bond donors (Lipinski definition) is 2. The topological polar surface area (TPSA) is 63.2 Å². The smallest absolute Gasteiger partial charge is 0.242 e. The molecule has 1 atom stereocenters. The number of pyridine rings is 1. The molecule has 0 spiro atoms. The maximum Gasteiger partial charge on any atom is 0.242 e. The Labute approximate surface area is 179 Å². The zero-order valence-corrected chi connectivity index (χ0v) is 17.2. The molecule has 7 heteroatoms. The maximum atomic E-state index is 15.4. The van der Waals surface area contributed by atoms with Crippen LogP contribution in [0.25, 0.3) is 11.1 Å². The molecule has 3 aromatic rings. The van der Waals surface area contributed by atoms with E-state index in [4.69, 9.17) is 16.3 Å². The molecule has 1 amide bonds. The highest BCUT2D eigenvalue weighted by atomic mass is 35.5. The van der Waals surface area contributed by atoms with Crippen molar-refractivity contribution in [2.45, 2.75) is 18.9 Å². The molecule has 0 bridgehead atoms. The van der Waals surface area contributed by atoms with E-state index in [2.05, 4.69) is 15.6 Å². The first-order valence-electron chi connectivity index (χ1n) is 9.65. The second-order valence-corrected chi connectivity index (χ2v) is 7.58. The van der Waals surface area contributed by atoms with E-state index >= 15 is 4.39 Å². The zero-order chi connectivity index (χ0) is 21.1. The summed E-state index contributed by atoms with van der Waals surface area (Å²) in [6, 6.07) is 13.9. The van der Waals surface area contributed by atoms with Crippen molar-refractivity contribution in [2.75, 3.05) is 19.0 Å². The number of nitrogens with zero attached hydrogens (tertiary/aromatic N) is 1. The summed E-state index contributed by atoms with van der Waals surface area (Å²) in [5, 5.41) is 6.36. The van der Waals surface area contributed by atoms with Crippen LogP contribution in [0.5, 0.6) is 5.75 Å². The number of carbonyl (C=O) groups excluding carboxylic acids is 1. The predicted molar refractivity (Wildman–Crippen MR) is 115 cm³/mol. The fourth-order valence-corrected chi connectivity index (χ4v) is 3.56. The Balaban J connectivity index is 1.56. The largest absolute Gasteiger partial charge is 0.496 e. The first kappa shape index (κ1) is 20.3. The molecule has 30 heavy (non-hydrogen) atoms. The Morgan fingerprint density at radius 2 is 2.13 bits per heavy atom. The van der Waals surface area contributed by atoms with Gasteiger partial charge in [-0.25, -0.2) is 9.37 Å². The SMILES string of the molecule is COc1ccc(Cc2ccc(NC(=O)[C@@H]3CCN3)nc2)c(F)c1-c1cccc(Cl)c1. The van der Waals surface area contributed by atoms with Crippen LogP contribution in [0, 0.1) is 5.82 Å². The number of methoxy groups -OCH3 is 1. The average molecular weight is 426 g/mol. The molecule has 154 valence electrons. The molecule has 2 aromatic carbocycles. The summed E-state index contributed by atoms with van der Waals surface area (Å²) < 4.78 is 20.8. The average Bonchev–Trinajstić information content (AvgIpc) is 2.69. The Bertz CT molecular complexity index is 1070. The minimum Gasteiger partial charge on any atom is -0.496 e. The summed E-state index contributed by atoms with van der Waals surface area (Å²) in [5.74, 6) is 0.477. The molecule has 5 nitrogen and oxygen atoms in total. The van der Waals surface area contributed by atoms with E-state index < -0.39 is 0 Å². The standard InChI is InChI=1S/C23H21ClFN3O2/c1-30-19-7-6-16(22(25)21(19)15-3-2-4-17(24)12-15)11-14-5-8-20(27-13-14)28-23(29)18-9-10-26-18/h2-8,12-13,18,26H,9-11H2,1H3,(H,27,28,29)/t18-/m0/s1. The van der Waals surface area contributed by atoms with Crippen LogP contribution >= 0.6 is 11.6 Å². The highest BCUT2D eigenvalue weighted by molar-refractivity contribution is 6.30. The van der Waals surface area contributed by atoms with Crippen LogP contribution in [0.3, 0.4) is 0 Å². The van der Waals surface area contributed by atoms with Crippen molar-refractivity contribution in [2.24, 2.45) is 0 Å². The molecule has 2 heterocycles. The number of carbonyl (C=O) groups is 1. The maximum absolute atomic E-state index is 15.4. The third-order valence-electron chi connectivity index (χ3n) is 5.13. The number of halogens is 2. The number of nitrogens with one attached hydrogen (secondary N) is 2. The minimum atomic E-state index is -0.356. The van der Waals surface area contributed by atoms with Gasteiger partial charge in [-0.05, 0) is 53.9 Å². The number of rotatable bonds is 6. The molecule has 0 unspecified atom stereocenters. The van der Waals surface area contributed by atoms with E-state index in [-0.39, 0.29) is 17.8 Å². The van der Waals surface area contributed by atoms with Crippen LogP contribution in [0.15, 0.2) is 54.7 Å². The van der Waals surface area contributed by atoms with Gasteiger partial charge in [-0.15, -0.1) is 0 Å². The van der Waals surface area contributed by atoms with Gasteiger partial charge >= 0.3 is 0 Å². The second-order valence-electron chi connectivity index (χ2n) is 7.14. The van der Waals surface area contributed by atoms with Crippen molar-refractivity contribution in [1.82, 2.24) is 10.3 Å². The number of amides is 1. The summed E-state index contributed by atoms with van der Waals surface area (Å²) in [5.41, 5.74) is 2.38. The Kier molecular flexibility index (Phi) is 5.97. The van der Waals surface area contributed by atoms with E-state index in [9.17, 15) is 4.79 Å². The highest BCUT2D eigenvalue weighted by Gasteiger charge is 2.24. The van der Waals surface area contributed by atoms with Crippen LogP contribution < -0.4 is 15.4 Å². The van der Waals surface area contributed by atoms with Gasteiger partial charge < -0.3 is 15.4 Å².